The van der Waals surface area contributed by atoms with Crippen molar-refractivity contribution >= 4 is 40.0 Å². The molecule has 0 unspecified atom stereocenters. The highest BCUT2D eigenvalue weighted by molar-refractivity contribution is 14.1. The number of pyridine rings is 1. The SMILES string of the molecule is N#Cc1cc2c([n+]3c1S[C@@H]1CCC[C@H](I)[C@H]13)C1CCN2CC1. The van der Waals surface area contributed by atoms with Crippen LogP contribution in [0.1, 0.15) is 55.3 Å². The summed E-state index contributed by atoms with van der Waals surface area (Å²) in [5.74, 6) is 0.719. The van der Waals surface area contributed by atoms with Crippen LogP contribution < -0.4 is 9.47 Å². The van der Waals surface area contributed by atoms with Gasteiger partial charge in [0, 0.05) is 19.0 Å². The lowest BCUT2D eigenvalue weighted by molar-refractivity contribution is -0.757. The number of anilines is 1. The van der Waals surface area contributed by atoms with Gasteiger partial charge < -0.3 is 4.90 Å². The molecule has 1 aliphatic carbocycles. The van der Waals surface area contributed by atoms with E-state index in [1.807, 2.05) is 11.8 Å². The Hall–Kier alpha value is -0.480. The number of rotatable bonds is 0. The summed E-state index contributed by atoms with van der Waals surface area (Å²) < 4.78 is 3.35. The predicted molar refractivity (Wildman–Crippen MR) is 95.9 cm³/mol. The molecule has 1 aromatic rings. The number of halogens is 1. The highest BCUT2D eigenvalue weighted by Crippen LogP contribution is 2.50. The molecule has 5 aliphatic rings. The third-order valence-electron chi connectivity index (χ3n) is 5.88. The third-order valence-corrected chi connectivity index (χ3v) is 8.69. The fourth-order valence-corrected chi connectivity index (χ4v) is 8.01. The van der Waals surface area contributed by atoms with E-state index in [1.165, 1.54) is 55.9 Å². The lowest BCUT2D eigenvalue weighted by atomic mass is 9.84. The van der Waals surface area contributed by atoms with Gasteiger partial charge >= 0.3 is 0 Å². The molecular weight excluding hydrogens is 405 g/mol. The van der Waals surface area contributed by atoms with E-state index in [-0.39, 0.29) is 0 Å². The average molecular weight is 424 g/mol. The van der Waals surface area contributed by atoms with Crippen LogP contribution in [0, 0.1) is 11.3 Å². The predicted octanol–water partition coefficient (Wildman–Crippen LogP) is 3.55. The molecule has 1 aromatic heterocycles. The number of hydrogen-bond donors (Lipinski definition) is 0. The van der Waals surface area contributed by atoms with Crippen molar-refractivity contribution < 1.29 is 4.57 Å². The summed E-state index contributed by atoms with van der Waals surface area (Å²) in [6.45, 7) is 2.35. The molecule has 0 N–H and O–H groups in total. The van der Waals surface area contributed by atoms with Gasteiger partial charge in [0.1, 0.15) is 17.3 Å². The summed E-state index contributed by atoms with van der Waals surface area (Å²) in [5, 5.41) is 11.6. The monoisotopic (exact) mass is 424 g/mol. The molecule has 6 rings (SSSR count). The van der Waals surface area contributed by atoms with Crippen LogP contribution in [0.15, 0.2) is 11.1 Å². The maximum Gasteiger partial charge on any atom is 0.259 e. The van der Waals surface area contributed by atoms with Gasteiger partial charge in [0.15, 0.2) is 6.04 Å². The first-order chi connectivity index (χ1) is 10.8. The summed E-state index contributed by atoms with van der Waals surface area (Å²) in [4.78, 5) is 2.52. The van der Waals surface area contributed by atoms with Gasteiger partial charge in [-0.05, 0) is 43.5 Å². The van der Waals surface area contributed by atoms with Crippen molar-refractivity contribution in [3.8, 4) is 6.07 Å². The Morgan fingerprint density at radius 3 is 2.86 bits per heavy atom. The van der Waals surface area contributed by atoms with Crippen molar-refractivity contribution in [1.29, 1.82) is 5.26 Å². The molecule has 0 spiro atoms. The number of nitrogens with zero attached hydrogens (tertiary/aromatic N) is 3. The van der Waals surface area contributed by atoms with Gasteiger partial charge in [0.05, 0.1) is 9.17 Å². The van der Waals surface area contributed by atoms with Crippen molar-refractivity contribution in [3.63, 3.8) is 0 Å². The zero-order valence-electron chi connectivity index (χ0n) is 12.5. The second kappa shape index (κ2) is 5.01. The van der Waals surface area contributed by atoms with E-state index in [1.54, 1.807) is 5.69 Å². The van der Waals surface area contributed by atoms with Crippen molar-refractivity contribution in [3.05, 3.63) is 17.3 Å². The van der Waals surface area contributed by atoms with Crippen molar-refractivity contribution in [2.45, 2.75) is 58.3 Å². The van der Waals surface area contributed by atoms with E-state index >= 15 is 0 Å². The molecule has 0 aromatic carbocycles. The zero-order valence-corrected chi connectivity index (χ0v) is 15.4. The Morgan fingerprint density at radius 1 is 1.27 bits per heavy atom. The van der Waals surface area contributed by atoms with Crippen LogP contribution >= 0.6 is 34.4 Å². The number of thioether (sulfide) groups is 1. The number of alkyl halides is 1. The summed E-state index contributed by atoms with van der Waals surface area (Å²) in [6, 6.07) is 5.29. The van der Waals surface area contributed by atoms with E-state index in [0.29, 0.717) is 15.2 Å². The summed E-state index contributed by atoms with van der Waals surface area (Å²) in [5.41, 5.74) is 3.85. The van der Waals surface area contributed by atoms with E-state index in [4.69, 9.17) is 0 Å². The van der Waals surface area contributed by atoms with Crippen molar-refractivity contribution in [2.24, 2.45) is 0 Å². The highest BCUT2D eigenvalue weighted by atomic mass is 127. The molecule has 114 valence electrons. The van der Waals surface area contributed by atoms with Gasteiger partial charge in [-0.3, -0.25) is 0 Å². The van der Waals surface area contributed by atoms with Gasteiger partial charge in [-0.15, -0.1) is 0 Å². The van der Waals surface area contributed by atoms with Crippen molar-refractivity contribution in [2.75, 3.05) is 18.0 Å². The molecule has 5 heterocycles. The van der Waals surface area contributed by atoms with Gasteiger partial charge in [0.2, 0.25) is 5.69 Å². The molecule has 5 heteroatoms. The molecule has 3 nitrogen and oxygen atoms in total. The van der Waals surface area contributed by atoms with E-state index in [9.17, 15) is 5.26 Å². The topological polar surface area (TPSA) is 30.9 Å². The van der Waals surface area contributed by atoms with Crippen LogP contribution in [0.5, 0.6) is 0 Å². The summed E-state index contributed by atoms with van der Waals surface area (Å²) in [6.07, 6.45) is 6.58. The molecule has 3 atom stereocenters. The molecule has 2 bridgehead atoms. The van der Waals surface area contributed by atoms with Crippen LogP contribution in [0.4, 0.5) is 5.69 Å². The largest absolute Gasteiger partial charge is 0.366 e. The van der Waals surface area contributed by atoms with Gasteiger partial charge in [0.25, 0.3) is 5.03 Å². The first kappa shape index (κ1) is 13.9. The summed E-state index contributed by atoms with van der Waals surface area (Å²) >= 11 is 4.66. The molecule has 0 amide bonds. The normalized spacial score (nSPS) is 32.4. The Bertz CT molecular complexity index is 690. The van der Waals surface area contributed by atoms with Crippen molar-refractivity contribution in [1.82, 2.24) is 0 Å². The lowest BCUT2D eigenvalue weighted by Gasteiger charge is -2.40. The van der Waals surface area contributed by atoms with Crippen LogP contribution in [-0.4, -0.2) is 22.3 Å². The van der Waals surface area contributed by atoms with E-state index in [0.717, 1.165) is 11.5 Å². The minimum absolute atomic E-state index is 0.608. The molecule has 1 saturated carbocycles. The average Bonchev–Trinajstić information content (AvgIpc) is 2.96. The highest BCUT2D eigenvalue weighted by Gasteiger charge is 2.53. The minimum Gasteiger partial charge on any atom is -0.366 e. The second-order valence-corrected chi connectivity index (χ2v) is 9.80. The smallest absolute Gasteiger partial charge is 0.259 e. The number of nitriles is 1. The zero-order chi connectivity index (χ0) is 14.8. The Morgan fingerprint density at radius 2 is 2.09 bits per heavy atom. The first-order valence-electron chi connectivity index (χ1n) is 8.36. The molecule has 0 radical (unpaired) electrons. The number of hydrogen-bond acceptors (Lipinski definition) is 3. The fraction of sp³-hybridized carbons (Fsp3) is 0.647. The molecular formula is C17H19IN3S+. The first-order valence-corrected chi connectivity index (χ1v) is 10.5. The minimum atomic E-state index is 0.608. The molecule has 22 heavy (non-hydrogen) atoms. The maximum atomic E-state index is 9.68. The van der Waals surface area contributed by atoms with Gasteiger partial charge in [-0.1, -0.05) is 29.0 Å². The third kappa shape index (κ3) is 1.77. The van der Waals surface area contributed by atoms with Gasteiger partial charge in [-0.25, -0.2) is 0 Å². The number of fused-ring (bicyclic) bond motifs is 5. The van der Waals surface area contributed by atoms with Gasteiger partial charge in [-0.2, -0.15) is 9.83 Å². The second-order valence-electron chi connectivity index (χ2n) is 6.97. The van der Waals surface area contributed by atoms with Crippen LogP contribution in [0.3, 0.4) is 0 Å². The Kier molecular flexibility index (Phi) is 3.17. The van der Waals surface area contributed by atoms with E-state index < -0.39 is 0 Å². The molecule has 4 aliphatic heterocycles. The van der Waals surface area contributed by atoms with Crippen LogP contribution in [-0.2, 0) is 0 Å². The molecule has 2 fully saturated rings. The number of piperidine rings is 1. The standard InChI is InChI=1S/C17H19IN3S/c18-12-2-1-3-14-16(12)21-15-10-4-6-20(7-5-10)13(15)8-11(9-19)17(21)22-14/h8,10,12,14,16H,1-7H2/q+1/t12-,14+,16+/m0/s1. The van der Waals surface area contributed by atoms with Crippen LogP contribution in [0.2, 0.25) is 0 Å². The maximum absolute atomic E-state index is 9.68. The molecule has 1 saturated heterocycles. The fourth-order valence-electron chi connectivity index (χ4n) is 4.87. The Balaban J connectivity index is 1.77. The number of aromatic nitrogens is 1. The summed E-state index contributed by atoms with van der Waals surface area (Å²) in [7, 11) is 0. The van der Waals surface area contributed by atoms with E-state index in [2.05, 4.69) is 44.2 Å². The quantitative estimate of drug-likeness (QED) is 0.363. The Labute approximate surface area is 149 Å². The van der Waals surface area contributed by atoms with Crippen LogP contribution in [0.25, 0.3) is 0 Å². The lowest BCUT2D eigenvalue weighted by Crippen LogP contribution is -2.55.